The van der Waals surface area contributed by atoms with Gasteiger partial charge < -0.3 is 10.0 Å². The van der Waals surface area contributed by atoms with Gasteiger partial charge in [-0.2, -0.15) is 0 Å². The molecular formula is C8H19NO. The van der Waals surface area contributed by atoms with Crippen molar-refractivity contribution in [2.45, 2.75) is 33.3 Å². The van der Waals surface area contributed by atoms with Crippen molar-refractivity contribution in [1.29, 1.82) is 0 Å². The number of likely N-dealkylation sites (N-methyl/N-ethyl adjacent to an activating group) is 1. The fourth-order valence-electron chi connectivity index (χ4n) is 1.07. The molecule has 0 aliphatic rings. The van der Waals surface area contributed by atoms with Crippen molar-refractivity contribution < 1.29 is 5.11 Å². The lowest BCUT2D eigenvalue weighted by Gasteiger charge is -2.20. The van der Waals surface area contributed by atoms with Crippen LogP contribution in [0.15, 0.2) is 0 Å². The van der Waals surface area contributed by atoms with Gasteiger partial charge in [-0.3, -0.25) is 0 Å². The molecule has 0 rings (SSSR count). The zero-order chi connectivity index (χ0) is 7.98. The highest BCUT2D eigenvalue weighted by Crippen LogP contribution is 1.92. The van der Waals surface area contributed by atoms with Gasteiger partial charge in [-0.1, -0.05) is 13.8 Å². The summed E-state index contributed by atoms with van der Waals surface area (Å²) in [5.74, 6) is 0. The lowest BCUT2D eigenvalue weighted by molar-refractivity contribution is 0.130. The quantitative estimate of drug-likeness (QED) is 0.626. The molecule has 0 spiro atoms. The Bertz CT molecular complexity index is 73.7. The van der Waals surface area contributed by atoms with E-state index in [4.69, 9.17) is 5.11 Å². The molecule has 0 aromatic heterocycles. The maximum Gasteiger partial charge on any atom is 0.0639 e. The predicted molar refractivity (Wildman–Crippen MR) is 44.1 cm³/mol. The highest BCUT2D eigenvalue weighted by molar-refractivity contribution is 4.57. The normalized spacial score (nSPS) is 14.1. The van der Waals surface area contributed by atoms with E-state index < -0.39 is 0 Å². The molecule has 0 fully saturated rings. The van der Waals surface area contributed by atoms with Crippen LogP contribution in [0.3, 0.4) is 0 Å². The van der Waals surface area contributed by atoms with Crippen LogP contribution in [-0.2, 0) is 0 Å². The molecule has 2 nitrogen and oxygen atoms in total. The summed E-state index contributed by atoms with van der Waals surface area (Å²) in [7, 11) is 0. The molecule has 1 atom stereocenters. The zero-order valence-electron chi connectivity index (χ0n) is 7.30. The summed E-state index contributed by atoms with van der Waals surface area (Å²) in [6.07, 6.45) is 0.979. The summed E-state index contributed by atoms with van der Waals surface area (Å²) in [6.45, 7) is 9.06. The van der Waals surface area contributed by atoms with Gasteiger partial charge in [0, 0.05) is 6.54 Å². The first-order chi connectivity index (χ1) is 4.70. The number of aliphatic hydroxyl groups is 1. The van der Waals surface area contributed by atoms with E-state index in [0.29, 0.717) is 0 Å². The van der Waals surface area contributed by atoms with Crippen LogP contribution in [0.25, 0.3) is 0 Å². The molecule has 0 bridgehead atoms. The minimum absolute atomic E-state index is 0.188. The Balaban J connectivity index is 3.39. The second kappa shape index (κ2) is 5.69. The number of nitrogens with zero attached hydrogens (tertiary/aromatic N) is 1. The largest absolute Gasteiger partial charge is 0.392 e. The molecular weight excluding hydrogens is 126 g/mol. The Labute approximate surface area is 63.8 Å². The van der Waals surface area contributed by atoms with Crippen LogP contribution in [0, 0.1) is 0 Å². The molecule has 2 heteroatoms. The Morgan fingerprint density at radius 2 is 2.00 bits per heavy atom. The van der Waals surface area contributed by atoms with Crippen LogP contribution >= 0.6 is 0 Å². The molecule has 10 heavy (non-hydrogen) atoms. The van der Waals surface area contributed by atoms with Gasteiger partial charge in [-0.05, 0) is 26.4 Å². The van der Waals surface area contributed by atoms with Crippen molar-refractivity contribution in [3.05, 3.63) is 0 Å². The molecule has 0 radical (unpaired) electrons. The maximum atomic E-state index is 9.04. The van der Waals surface area contributed by atoms with Crippen LogP contribution in [-0.4, -0.2) is 35.7 Å². The van der Waals surface area contributed by atoms with E-state index in [1.54, 1.807) is 0 Å². The Kier molecular flexibility index (Phi) is 5.64. The minimum atomic E-state index is -0.188. The van der Waals surface area contributed by atoms with Crippen molar-refractivity contribution in [2.24, 2.45) is 0 Å². The van der Waals surface area contributed by atoms with Gasteiger partial charge in [0.15, 0.2) is 0 Å². The Morgan fingerprint density at radius 3 is 2.30 bits per heavy atom. The van der Waals surface area contributed by atoms with E-state index >= 15 is 0 Å². The van der Waals surface area contributed by atoms with Gasteiger partial charge in [-0.15, -0.1) is 0 Å². The maximum absolute atomic E-state index is 9.04. The van der Waals surface area contributed by atoms with E-state index in [1.807, 2.05) is 6.92 Å². The molecule has 0 aliphatic heterocycles. The molecule has 1 N–H and O–H groups in total. The standard InChI is InChI=1S/C8H19NO/c1-4-6-9(5-2)7-8(3)10/h8,10H,4-7H2,1-3H3/t8-/m1/s1. The third-order valence-electron chi connectivity index (χ3n) is 1.51. The van der Waals surface area contributed by atoms with Gasteiger partial charge in [-0.25, -0.2) is 0 Å². The van der Waals surface area contributed by atoms with Gasteiger partial charge in [0.1, 0.15) is 0 Å². The summed E-state index contributed by atoms with van der Waals surface area (Å²) >= 11 is 0. The molecule has 0 aromatic carbocycles. The minimum Gasteiger partial charge on any atom is -0.392 e. The Morgan fingerprint density at radius 1 is 1.40 bits per heavy atom. The Hall–Kier alpha value is -0.0800. The summed E-state index contributed by atoms with van der Waals surface area (Å²) in [5, 5.41) is 9.04. The number of aliphatic hydroxyl groups excluding tert-OH is 1. The fraction of sp³-hybridized carbons (Fsp3) is 1.00. The fourth-order valence-corrected chi connectivity index (χ4v) is 1.07. The van der Waals surface area contributed by atoms with E-state index in [1.165, 1.54) is 6.42 Å². The van der Waals surface area contributed by atoms with Crippen LogP contribution in [0.1, 0.15) is 27.2 Å². The average molecular weight is 145 g/mol. The average Bonchev–Trinajstić information content (AvgIpc) is 1.86. The van der Waals surface area contributed by atoms with Gasteiger partial charge >= 0.3 is 0 Å². The topological polar surface area (TPSA) is 23.5 Å². The molecule has 0 aromatic rings. The highest BCUT2D eigenvalue weighted by atomic mass is 16.3. The lowest BCUT2D eigenvalue weighted by atomic mass is 10.3. The highest BCUT2D eigenvalue weighted by Gasteiger charge is 2.03. The first kappa shape index (κ1) is 9.92. The molecule has 0 saturated carbocycles. The van der Waals surface area contributed by atoms with Crippen molar-refractivity contribution >= 4 is 0 Å². The van der Waals surface area contributed by atoms with E-state index in [-0.39, 0.29) is 6.10 Å². The first-order valence-electron chi connectivity index (χ1n) is 4.11. The van der Waals surface area contributed by atoms with Crippen LogP contribution in [0.4, 0.5) is 0 Å². The molecule has 0 amide bonds. The monoisotopic (exact) mass is 145 g/mol. The van der Waals surface area contributed by atoms with Crippen molar-refractivity contribution in [1.82, 2.24) is 4.90 Å². The SMILES string of the molecule is CCCN(CC)C[C@@H](C)O. The molecule has 0 saturated heterocycles. The molecule has 0 heterocycles. The summed E-state index contributed by atoms with van der Waals surface area (Å²) in [4.78, 5) is 2.25. The van der Waals surface area contributed by atoms with Crippen LogP contribution in [0.5, 0.6) is 0 Å². The number of rotatable bonds is 5. The second-order valence-electron chi connectivity index (χ2n) is 2.74. The second-order valence-corrected chi connectivity index (χ2v) is 2.74. The third-order valence-corrected chi connectivity index (χ3v) is 1.51. The smallest absolute Gasteiger partial charge is 0.0639 e. The van der Waals surface area contributed by atoms with E-state index in [9.17, 15) is 0 Å². The van der Waals surface area contributed by atoms with Gasteiger partial charge in [0.2, 0.25) is 0 Å². The van der Waals surface area contributed by atoms with Crippen molar-refractivity contribution in [2.75, 3.05) is 19.6 Å². The summed E-state index contributed by atoms with van der Waals surface area (Å²) in [5.41, 5.74) is 0. The van der Waals surface area contributed by atoms with E-state index in [0.717, 1.165) is 19.6 Å². The summed E-state index contributed by atoms with van der Waals surface area (Å²) < 4.78 is 0. The number of hydrogen-bond acceptors (Lipinski definition) is 2. The molecule has 62 valence electrons. The van der Waals surface area contributed by atoms with Gasteiger partial charge in [0.05, 0.1) is 6.10 Å². The van der Waals surface area contributed by atoms with E-state index in [2.05, 4.69) is 18.7 Å². The molecule has 0 unspecified atom stereocenters. The first-order valence-corrected chi connectivity index (χ1v) is 4.11. The summed E-state index contributed by atoms with van der Waals surface area (Å²) in [6, 6.07) is 0. The zero-order valence-corrected chi connectivity index (χ0v) is 7.30. The third kappa shape index (κ3) is 4.77. The van der Waals surface area contributed by atoms with Gasteiger partial charge in [0.25, 0.3) is 0 Å². The van der Waals surface area contributed by atoms with Crippen LogP contribution in [0.2, 0.25) is 0 Å². The molecule has 0 aliphatic carbocycles. The van der Waals surface area contributed by atoms with Crippen molar-refractivity contribution in [3.63, 3.8) is 0 Å². The lowest BCUT2D eigenvalue weighted by Crippen LogP contribution is -2.31. The van der Waals surface area contributed by atoms with Crippen LogP contribution < -0.4 is 0 Å². The van der Waals surface area contributed by atoms with Crippen molar-refractivity contribution in [3.8, 4) is 0 Å². The number of hydrogen-bond donors (Lipinski definition) is 1. The predicted octanol–water partition coefficient (Wildman–Crippen LogP) is 1.10.